The van der Waals surface area contributed by atoms with Gasteiger partial charge in [-0.15, -0.1) is 0 Å². The van der Waals surface area contributed by atoms with E-state index in [-0.39, 0.29) is 5.78 Å². The predicted molar refractivity (Wildman–Crippen MR) is 79.8 cm³/mol. The summed E-state index contributed by atoms with van der Waals surface area (Å²) in [5.41, 5.74) is 1.09. The molecule has 0 saturated carbocycles. The van der Waals surface area contributed by atoms with Gasteiger partial charge in [-0.1, -0.05) is 46.3 Å². The van der Waals surface area contributed by atoms with Crippen LogP contribution in [-0.4, -0.2) is 12.9 Å². The van der Waals surface area contributed by atoms with E-state index in [1.807, 2.05) is 0 Å². The molecule has 0 saturated heterocycles. The number of nitriles is 1. The summed E-state index contributed by atoms with van der Waals surface area (Å²) in [5, 5.41) is 9.35. The van der Waals surface area contributed by atoms with Crippen LogP contribution in [-0.2, 0) is 0 Å². The molecule has 2 rings (SSSR count). The number of ketones is 1. The van der Waals surface area contributed by atoms with Crippen molar-refractivity contribution in [3.8, 4) is 11.8 Å². The highest BCUT2D eigenvalue weighted by atomic mass is 79.9. The standard InChI is InChI=1S/C16H12BrNO2/c1-20-15-5-3-2-4-13(15)14(10-18)16(19)11-6-8-12(17)9-7-11/h2-9,14H,1H3. The number of ether oxygens (including phenoxy) is 1. The third kappa shape index (κ3) is 2.89. The van der Waals surface area contributed by atoms with E-state index < -0.39 is 5.92 Å². The van der Waals surface area contributed by atoms with Crippen molar-refractivity contribution in [2.24, 2.45) is 0 Å². The van der Waals surface area contributed by atoms with Crippen LogP contribution in [0.5, 0.6) is 5.75 Å². The zero-order valence-electron chi connectivity index (χ0n) is 10.8. The molecule has 1 atom stereocenters. The average molecular weight is 330 g/mol. The van der Waals surface area contributed by atoms with Gasteiger partial charge < -0.3 is 4.74 Å². The Morgan fingerprint density at radius 2 is 1.85 bits per heavy atom. The molecule has 3 nitrogen and oxygen atoms in total. The van der Waals surface area contributed by atoms with Crippen LogP contribution in [0, 0.1) is 11.3 Å². The van der Waals surface area contributed by atoms with E-state index in [1.165, 1.54) is 7.11 Å². The minimum Gasteiger partial charge on any atom is -0.496 e. The van der Waals surface area contributed by atoms with Gasteiger partial charge in [-0.3, -0.25) is 4.79 Å². The van der Waals surface area contributed by atoms with E-state index >= 15 is 0 Å². The number of hydrogen-bond donors (Lipinski definition) is 0. The highest BCUT2D eigenvalue weighted by molar-refractivity contribution is 9.10. The van der Waals surface area contributed by atoms with Crippen molar-refractivity contribution < 1.29 is 9.53 Å². The Kier molecular flexibility index (Phi) is 4.54. The van der Waals surface area contributed by atoms with E-state index in [0.717, 1.165) is 4.47 Å². The van der Waals surface area contributed by atoms with Crippen LogP contribution in [0.4, 0.5) is 0 Å². The summed E-state index contributed by atoms with van der Waals surface area (Å²) in [6.45, 7) is 0. The molecule has 0 N–H and O–H groups in total. The molecule has 2 aromatic rings. The zero-order valence-corrected chi connectivity index (χ0v) is 12.4. The van der Waals surface area contributed by atoms with Gasteiger partial charge in [0, 0.05) is 15.6 Å². The number of hydrogen-bond acceptors (Lipinski definition) is 3. The molecule has 4 heteroatoms. The van der Waals surface area contributed by atoms with E-state index in [9.17, 15) is 10.1 Å². The van der Waals surface area contributed by atoms with Gasteiger partial charge in [0.05, 0.1) is 13.2 Å². The highest BCUT2D eigenvalue weighted by Gasteiger charge is 2.24. The second kappa shape index (κ2) is 6.36. The summed E-state index contributed by atoms with van der Waals surface area (Å²) in [6.07, 6.45) is 0. The monoisotopic (exact) mass is 329 g/mol. The molecule has 1 unspecified atom stereocenters. The Morgan fingerprint density at radius 3 is 2.45 bits per heavy atom. The summed E-state index contributed by atoms with van der Waals surface area (Å²) in [6, 6.07) is 16.1. The largest absolute Gasteiger partial charge is 0.496 e. The molecular weight excluding hydrogens is 318 g/mol. The molecule has 0 amide bonds. The number of methoxy groups -OCH3 is 1. The van der Waals surface area contributed by atoms with Crippen LogP contribution in [0.25, 0.3) is 0 Å². The van der Waals surface area contributed by atoms with Crippen LogP contribution in [0.1, 0.15) is 21.8 Å². The number of benzene rings is 2. The average Bonchev–Trinajstić information content (AvgIpc) is 2.49. The van der Waals surface area contributed by atoms with E-state index in [4.69, 9.17) is 4.74 Å². The Bertz CT molecular complexity index is 659. The molecule has 0 aromatic heterocycles. The number of carbonyl (C=O) groups excluding carboxylic acids is 1. The number of halogens is 1. The Hall–Kier alpha value is -2.12. The minimum atomic E-state index is -0.868. The fraction of sp³-hybridized carbons (Fsp3) is 0.125. The molecule has 2 aromatic carbocycles. The Labute approximate surface area is 125 Å². The van der Waals surface area contributed by atoms with Crippen LogP contribution < -0.4 is 4.74 Å². The van der Waals surface area contributed by atoms with Gasteiger partial charge in [-0.05, 0) is 18.2 Å². The second-order valence-corrected chi connectivity index (χ2v) is 5.09. The lowest BCUT2D eigenvalue weighted by Crippen LogP contribution is -2.12. The number of rotatable bonds is 4. The van der Waals surface area contributed by atoms with Crippen molar-refractivity contribution in [3.63, 3.8) is 0 Å². The number of nitrogens with zero attached hydrogens (tertiary/aromatic N) is 1. The first-order valence-electron chi connectivity index (χ1n) is 5.99. The van der Waals surface area contributed by atoms with Gasteiger partial charge in [-0.2, -0.15) is 5.26 Å². The molecule has 20 heavy (non-hydrogen) atoms. The van der Waals surface area contributed by atoms with Crippen LogP contribution >= 0.6 is 15.9 Å². The normalized spacial score (nSPS) is 11.4. The minimum absolute atomic E-state index is 0.232. The lowest BCUT2D eigenvalue weighted by Gasteiger charge is -2.12. The van der Waals surface area contributed by atoms with E-state index in [0.29, 0.717) is 16.9 Å². The van der Waals surface area contributed by atoms with Gasteiger partial charge in [0.2, 0.25) is 0 Å². The third-order valence-corrected chi connectivity index (χ3v) is 3.50. The van der Waals surface area contributed by atoms with Crippen LogP contribution in [0.3, 0.4) is 0 Å². The van der Waals surface area contributed by atoms with Gasteiger partial charge >= 0.3 is 0 Å². The van der Waals surface area contributed by atoms with Crippen molar-refractivity contribution in [1.82, 2.24) is 0 Å². The topological polar surface area (TPSA) is 50.1 Å². The molecule has 0 fully saturated rings. The van der Waals surface area contributed by atoms with Crippen molar-refractivity contribution in [1.29, 1.82) is 5.26 Å². The first-order chi connectivity index (χ1) is 9.67. The molecule has 0 aliphatic heterocycles. The lowest BCUT2D eigenvalue weighted by atomic mass is 9.91. The smallest absolute Gasteiger partial charge is 0.184 e. The maximum atomic E-state index is 12.5. The zero-order chi connectivity index (χ0) is 14.5. The Morgan fingerprint density at radius 1 is 1.20 bits per heavy atom. The van der Waals surface area contributed by atoms with Gasteiger partial charge in [0.25, 0.3) is 0 Å². The van der Waals surface area contributed by atoms with Crippen molar-refractivity contribution in [2.45, 2.75) is 5.92 Å². The van der Waals surface area contributed by atoms with Crippen LogP contribution in [0.15, 0.2) is 53.0 Å². The van der Waals surface area contributed by atoms with E-state index in [2.05, 4.69) is 22.0 Å². The van der Waals surface area contributed by atoms with E-state index in [1.54, 1.807) is 48.5 Å². The predicted octanol–water partition coefficient (Wildman–Crippen LogP) is 3.95. The molecule has 0 aliphatic carbocycles. The summed E-state index contributed by atoms with van der Waals surface area (Å²) >= 11 is 3.32. The number of Topliss-reactive ketones (excluding diaryl/α,β-unsaturated/α-hetero) is 1. The van der Waals surface area contributed by atoms with Crippen LogP contribution in [0.2, 0.25) is 0 Å². The molecule has 0 aliphatic rings. The highest BCUT2D eigenvalue weighted by Crippen LogP contribution is 2.29. The Balaban J connectivity index is 2.40. The summed E-state index contributed by atoms with van der Waals surface area (Å²) in [4.78, 5) is 12.5. The molecule has 0 spiro atoms. The summed E-state index contributed by atoms with van der Waals surface area (Å²) < 4.78 is 6.11. The molecule has 100 valence electrons. The van der Waals surface area contributed by atoms with Crippen molar-refractivity contribution in [2.75, 3.05) is 7.11 Å². The lowest BCUT2D eigenvalue weighted by molar-refractivity contribution is 0.0978. The molecule has 0 bridgehead atoms. The van der Waals surface area contributed by atoms with Gasteiger partial charge in [0.1, 0.15) is 11.7 Å². The SMILES string of the molecule is COc1ccccc1C(C#N)C(=O)c1ccc(Br)cc1. The van der Waals surface area contributed by atoms with Crippen molar-refractivity contribution >= 4 is 21.7 Å². The van der Waals surface area contributed by atoms with Crippen molar-refractivity contribution in [3.05, 3.63) is 64.1 Å². The number of carbonyl (C=O) groups is 1. The van der Waals surface area contributed by atoms with Gasteiger partial charge in [0.15, 0.2) is 5.78 Å². The quantitative estimate of drug-likeness (QED) is 0.798. The summed E-state index contributed by atoms with van der Waals surface area (Å²) in [5.74, 6) is -0.554. The molecule has 0 radical (unpaired) electrons. The summed E-state index contributed by atoms with van der Waals surface area (Å²) in [7, 11) is 1.53. The first kappa shape index (κ1) is 14.3. The fourth-order valence-electron chi connectivity index (χ4n) is 1.96. The van der Waals surface area contributed by atoms with Gasteiger partial charge in [-0.25, -0.2) is 0 Å². The fourth-order valence-corrected chi connectivity index (χ4v) is 2.22. The number of para-hydroxylation sites is 1. The first-order valence-corrected chi connectivity index (χ1v) is 6.79. The molecular formula is C16H12BrNO2. The third-order valence-electron chi connectivity index (χ3n) is 2.97. The molecule has 0 heterocycles. The maximum Gasteiger partial charge on any atom is 0.184 e. The maximum absolute atomic E-state index is 12.5. The second-order valence-electron chi connectivity index (χ2n) is 4.18.